The maximum absolute atomic E-state index is 12.6. The largest absolute Gasteiger partial charge is 0.496 e. The van der Waals surface area contributed by atoms with Gasteiger partial charge in [-0.3, -0.25) is 4.79 Å². The Hall–Kier alpha value is -0.930. The van der Waals surface area contributed by atoms with Crippen molar-refractivity contribution in [3.8, 4) is 11.5 Å². The van der Waals surface area contributed by atoms with Crippen molar-refractivity contribution in [2.24, 2.45) is 0 Å². The summed E-state index contributed by atoms with van der Waals surface area (Å²) in [6, 6.07) is 11.5. The number of allylic oxidation sites excluding steroid dienone is 1. The van der Waals surface area contributed by atoms with Gasteiger partial charge >= 0.3 is 0 Å². The number of methoxy groups -OCH3 is 1. The smallest absolute Gasteiger partial charge is 0.195 e. The van der Waals surface area contributed by atoms with E-state index in [-0.39, 0.29) is 5.78 Å². The van der Waals surface area contributed by atoms with E-state index in [1.807, 2.05) is 42.5 Å². The second-order valence-corrected chi connectivity index (χ2v) is 11.5. The van der Waals surface area contributed by atoms with Crippen molar-refractivity contribution < 1.29 is 14.3 Å². The Morgan fingerprint density at radius 3 is 2.41 bits per heavy atom. The summed E-state index contributed by atoms with van der Waals surface area (Å²) in [5.74, 6) is 1.43. The number of hydrogen-bond acceptors (Lipinski definition) is 4. The zero-order valence-corrected chi connectivity index (χ0v) is 24.5. The number of thiophene rings is 1. The van der Waals surface area contributed by atoms with Crippen LogP contribution in [0.4, 0.5) is 0 Å². The quantitative estimate of drug-likeness (QED) is 0.164. The maximum atomic E-state index is 12.6. The van der Waals surface area contributed by atoms with Gasteiger partial charge in [-0.2, -0.15) is 0 Å². The zero-order valence-electron chi connectivity index (χ0n) is 17.4. The molecule has 32 heavy (non-hydrogen) atoms. The molecule has 8 heteroatoms. The summed E-state index contributed by atoms with van der Waals surface area (Å²) < 4.78 is 15.2. The second-order valence-electron chi connectivity index (χ2n) is 6.89. The highest BCUT2D eigenvalue weighted by atomic mass is 79.9. The van der Waals surface area contributed by atoms with Crippen LogP contribution >= 0.6 is 75.1 Å². The minimum Gasteiger partial charge on any atom is -0.496 e. The van der Waals surface area contributed by atoms with Gasteiger partial charge in [-0.15, -0.1) is 11.3 Å². The first-order valence-corrected chi connectivity index (χ1v) is 13.8. The highest BCUT2D eigenvalue weighted by Gasteiger charge is 2.13. The molecular formula is C24H20Br4O3S. The normalized spacial score (nSPS) is 11.2. The number of aryl methyl sites for hydroxylation is 1. The lowest BCUT2D eigenvalue weighted by Crippen LogP contribution is -2.00. The lowest BCUT2D eigenvalue weighted by Gasteiger charge is -2.14. The molecule has 168 valence electrons. The molecule has 0 saturated heterocycles. The van der Waals surface area contributed by atoms with Crippen molar-refractivity contribution in [2.75, 3.05) is 7.11 Å². The van der Waals surface area contributed by atoms with Crippen LogP contribution in [-0.2, 0) is 13.0 Å². The van der Waals surface area contributed by atoms with Gasteiger partial charge in [0, 0.05) is 19.4 Å². The number of hydrogen-bond donors (Lipinski definition) is 0. The molecule has 0 saturated carbocycles. The van der Waals surface area contributed by atoms with Crippen LogP contribution in [0.1, 0.15) is 39.0 Å². The highest BCUT2D eigenvalue weighted by molar-refractivity contribution is 9.11. The summed E-state index contributed by atoms with van der Waals surface area (Å²) >= 11 is 15.6. The topological polar surface area (TPSA) is 35.5 Å². The molecular weight excluding hydrogens is 688 g/mol. The Kier molecular flexibility index (Phi) is 9.61. The van der Waals surface area contributed by atoms with Crippen molar-refractivity contribution in [1.82, 2.24) is 0 Å². The summed E-state index contributed by atoms with van der Waals surface area (Å²) in [5, 5.41) is 0. The molecule has 1 aromatic heterocycles. The van der Waals surface area contributed by atoms with Crippen molar-refractivity contribution in [3.63, 3.8) is 0 Å². The summed E-state index contributed by atoms with van der Waals surface area (Å²) in [4.78, 5) is 14.6. The monoisotopic (exact) mass is 704 g/mol. The predicted octanol–water partition coefficient (Wildman–Crippen LogP) is 9.23. The molecule has 3 aromatic rings. The molecule has 3 nitrogen and oxygen atoms in total. The van der Waals surface area contributed by atoms with Crippen molar-refractivity contribution in [3.05, 3.63) is 81.2 Å². The fourth-order valence-corrected chi connectivity index (χ4v) is 7.39. The van der Waals surface area contributed by atoms with E-state index in [2.05, 4.69) is 70.6 Å². The minimum atomic E-state index is -0.00519. The summed E-state index contributed by atoms with van der Waals surface area (Å²) in [5.41, 5.74) is 1.78. The third-order valence-electron chi connectivity index (χ3n) is 4.54. The van der Waals surface area contributed by atoms with Gasteiger partial charge in [0.15, 0.2) is 5.78 Å². The zero-order chi connectivity index (χ0) is 23.3. The average molecular weight is 708 g/mol. The number of carbonyl (C=O) groups is 1. The Morgan fingerprint density at radius 2 is 1.75 bits per heavy atom. The second kappa shape index (κ2) is 12.0. The molecule has 0 atom stereocenters. The van der Waals surface area contributed by atoms with Gasteiger partial charge in [-0.05, 0) is 96.2 Å². The van der Waals surface area contributed by atoms with Crippen LogP contribution in [0.25, 0.3) is 6.08 Å². The number of rotatable bonds is 9. The number of benzene rings is 2. The number of carbonyl (C=O) groups excluding carboxylic acids is 1. The fourth-order valence-electron chi connectivity index (χ4n) is 3.01. The number of ether oxygens (including phenoxy) is 2. The van der Waals surface area contributed by atoms with Crippen molar-refractivity contribution >= 4 is 86.9 Å². The van der Waals surface area contributed by atoms with Crippen molar-refractivity contribution in [1.29, 1.82) is 0 Å². The number of ketones is 1. The van der Waals surface area contributed by atoms with Gasteiger partial charge in [0.25, 0.3) is 0 Å². The van der Waals surface area contributed by atoms with E-state index in [0.717, 1.165) is 52.5 Å². The lowest BCUT2D eigenvalue weighted by atomic mass is 10.1. The van der Waals surface area contributed by atoms with Crippen LogP contribution < -0.4 is 9.47 Å². The summed E-state index contributed by atoms with van der Waals surface area (Å²) in [6.45, 7) is 2.45. The Morgan fingerprint density at radius 1 is 1.03 bits per heavy atom. The fraction of sp³-hybridized carbons (Fsp3) is 0.208. The molecule has 0 radical (unpaired) electrons. The van der Waals surface area contributed by atoms with E-state index in [1.165, 1.54) is 4.88 Å². The van der Waals surface area contributed by atoms with Gasteiger partial charge in [0.2, 0.25) is 0 Å². The van der Waals surface area contributed by atoms with E-state index in [1.54, 1.807) is 24.5 Å². The summed E-state index contributed by atoms with van der Waals surface area (Å²) in [6.07, 6.45) is 5.45. The van der Waals surface area contributed by atoms with Crippen LogP contribution in [0.5, 0.6) is 11.5 Å². The molecule has 0 amide bonds. The first-order valence-electron chi connectivity index (χ1n) is 9.77. The van der Waals surface area contributed by atoms with Crippen LogP contribution in [0.3, 0.4) is 0 Å². The van der Waals surface area contributed by atoms with Gasteiger partial charge in [0.05, 0.1) is 20.9 Å². The van der Waals surface area contributed by atoms with Gasteiger partial charge in [-0.25, -0.2) is 0 Å². The molecule has 1 heterocycles. The highest BCUT2D eigenvalue weighted by Crippen LogP contribution is 2.37. The summed E-state index contributed by atoms with van der Waals surface area (Å²) in [7, 11) is 1.63. The molecule has 0 N–H and O–H groups in total. The van der Waals surface area contributed by atoms with E-state index in [0.29, 0.717) is 12.4 Å². The number of halogens is 4. The third-order valence-corrected chi connectivity index (χ3v) is 8.36. The van der Waals surface area contributed by atoms with Crippen molar-refractivity contribution in [2.45, 2.75) is 26.4 Å². The molecule has 0 bridgehead atoms. The molecule has 0 spiro atoms. The lowest BCUT2D eigenvalue weighted by molar-refractivity contribution is 0.105. The molecule has 2 aromatic carbocycles. The van der Waals surface area contributed by atoms with E-state index < -0.39 is 0 Å². The van der Waals surface area contributed by atoms with E-state index >= 15 is 0 Å². The minimum absolute atomic E-state index is 0.00519. The molecule has 0 fully saturated rings. The molecule has 0 aliphatic heterocycles. The predicted molar refractivity (Wildman–Crippen MR) is 146 cm³/mol. The molecule has 0 aliphatic rings. The first-order chi connectivity index (χ1) is 15.3. The molecule has 0 unspecified atom stereocenters. The third kappa shape index (κ3) is 6.56. The van der Waals surface area contributed by atoms with Crippen LogP contribution in [0.15, 0.2) is 60.4 Å². The Labute approximate surface area is 225 Å². The first kappa shape index (κ1) is 25.7. The maximum Gasteiger partial charge on any atom is 0.195 e. The van der Waals surface area contributed by atoms with Crippen LogP contribution in [0, 0.1) is 0 Å². The molecule has 0 aliphatic carbocycles. The SMILES string of the molecule is CCCc1sc(C(=O)/C=C/c2ccc(OC)c(COc3c(Br)cc(Br)cc3Br)c2)cc1Br. The Balaban J connectivity index is 1.77. The average Bonchev–Trinajstić information content (AvgIpc) is 3.12. The van der Waals surface area contributed by atoms with Crippen LogP contribution in [0.2, 0.25) is 0 Å². The standard InChI is InChI=1S/C24H20Br4O3S/c1-3-4-22-17(26)12-23(32-22)20(29)7-5-14-6-8-21(30-2)15(9-14)13-31-24-18(27)10-16(25)11-19(24)28/h5-12H,3-4,13H2,1-2H3/b7-5+. The van der Waals surface area contributed by atoms with Gasteiger partial charge in [0.1, 0.15) is 18.1 Å². The van der Waals surface area contributed by atoms with Gasteiger partial charge < -0.3 is 9.47 Å². The Bertz CT molecular complexity index is 1130. The van der Waals surface area contributed by atoms with E-state index in [4.69, 9.17) is 9.47 Å². The molecule has 3 rings (SSSR count). The van der Waals surface area contributed by atoms with Gasteiger partial charge in [-0.1, -0.05) is 41.4 Å². The van der Waals surface area contributed by atoms with E-state index in [9.17, 15) is 4.79 Å². The van der Waals surface area contributed by atoms with Crippen LogP contribution in [-0.4, -0.2) is 12.9 Å².